The number of aliphatic hydroxyl groups is 1. The predicted octanol–water partition coefficient (Wildman–Crippen LogP) is 2.80. The van der Waals surface area contributed by atoms with Crippen molar-refractivity contribution in [3.63, 3.8) is 0 Å². The second kappa shape index (κ2) is 6.63. The maximum absolute atomic E-state index is 13.5. The Balaban J connectivity index is 1.99. The van der Waals surface area contributed by atoms with E-state index >= 15 is 0 Å². The van der Waals surface area contributed by atoms with Gasteiger partial charge in [0.25, 0.3) is 5.91 Å². The molecule has 1 amide bonds. The maximum Gasteiger partial charge on any atom is 0.254 e. The van der Waals surface area contributed by atoms with Crippen molar-refractivity contribution in [2.24, 2.45) is 0 Å². The molecule has 0 spiro atoms. The lowest BCUT2D eigenvalue weighted by molar-refractivity contribution is 0.0246. The summed E-state index contributed by atoms with van der Waals surface area (Å²) in [5.74, 6) is -1.19. The van der Waals surface area contributed by atoms with Gasteiger partial charge in [-0.05, 0) is 34.8 Å². The fraction of sp³-hybridized carbons (Fsp3) is 0.571. The van der Waals surface area contributed by atoms with Crippen LogP contribution in [-0.2, 0) is 0 Å². The minimum Gasteiger partial charge on any atom is -0.388 e. The third-order valence-electron chi connectivity index (χ3n) is 3.68. The Morgan fingerprint density at radius 3 is 2.70 bits per heavy atom. The number of nitrogens with zero attached hydrogens (tertiary/aromatic N) is 1. The summed E-state index contributed by atoms with van der Waals surface area (Å²) in [5, 5.41) is 13.1. The summed E-state index contributed by atoms with van der Waals surface area (Å²) in [6.07, 6.45) is 6.50. The van der Waals surface area contributed by atoms with Crippen molar-refractivity contribution in [1.29, 1.82) is 0 Å². The summed E-state index contributed by atoms with van der Waals surface area (Å²) in [4.78, 5) is 15.7. The van der Waals surface area contributed by atoms with E-state index in [2.05, 4.69) is 26.2 Å². The minimum atomic E-state index is -0.868. The largest absolute Gasteiger partial charge is 0.388 e. The van der Waals surface area contributed by atoms with Crippen molar-refractivity contribution in [3.8, 4) is 0 Å². The number of halogens is 2. The molecule has 1 saturated carbocycles. The van der Waals surface area contributed by atoms with E-state index in [-0.39, 0.29) is 12.1 Å². The van der Waals surface area contributed by atoms with Gasteiger partial charge in [-0.15, -0.1) is 0 Å². The second-order valence-electron chi connectivity index (χ2n) is 5.31. The zero-order chi connectivity index (χ0) is 14.6. The topological polar surface area (TPSA) is 62.2 Å². The first kappa shape index (κ1) is 15.4. The lowest BCUT2D eigenvalue weighted by Gasteiger charge is -2.26. The molecule has 0 unspecified atom stereocenters. The van der Waals surface area contributed by atoms with Gasteiger partial charge in [-0.1, -0.05) is 25.7 Å². The zero-order valence-electron chi connectivity index (χ0n) is 11.2. The van der Waals surface area contributed by atoms with Crippen LogP contribution in [0.25, 0.3) is 0 Å². The highest BCUT2D eigenvalue weighted by Gasteiger charge is 2.28. The number of carbonyl (C=O) groups is 1. The number of pyridine rings is 1. The van der Waals surface area contributed by atoms with E-state index in [0.717, 1.165) is 31.9 Å². The first-order valence-electron chi connectivity index (χ1n) is 6.82. The van der Waals surface area contributed by atoms with Gasteiger partial charge in [0.1, 0.15) is 4.60 Å². The van der Waals surface area contributed by atoms with Gasteiger partial charge < -0.3 is 10.4 Å². The zero-order valence-corrected chi connectivity index (χ0v) is 12.7. The van der Waals surface area contributed by atoms with Gasteiger partial charge in [0.05, 0.1) is 17.4 Å². The molecule has 1 aromatic rings. The van der Waals surface area contributed by atoms with Gasteiger partial charge in [-0.2, -0.15) is 0 Å². The number of nitrogens with one attached hydrogen (secondary N) is 1. The van der Waals surface area contributed by atoms with Crippen LogP contribution in [0.1, 0.15) is 48.9 Å². The van der Waals surface area contributed by atoms with Gasteiger partial charge in [-0.3, -0.25) is 4.79 Å². The molecular weight excluding hydrogens is 327 g/mol. The highest BCUT2D eigenvalue weighted by molar-refractivity contribution is 9.10. The molecule has 0 saturated heterocycles. The molecule has 1 heterocycles. The Morgan fingerprint density at radius 2 is 2.05 bits per heavy atom. The van der Waals surface area contributed by atoms with Crippen molar-refractivity contribution >= 4 is 21.8 Å². The second-order valence-corrected chi connectivity index (χ2v) is 6.12. The van der Waals surface area contributed by atoms with E-state index in [9.17, 15) is 14.3 Å². The molecule has 0 atom stereocenters. The number of aromatic nitrogens is 1. The quantitative estimate of drug-likeness (QED) is 0.654. The van der Waals surface area contributed by atoms with E-state index in [1.807, 2.05) is 0 Å². The summed E-state index contributed by atoms with van der Waals surface area (Å²) in [7, 11) is 0. The molecule has 0 aromatic carbocycles. The van der Waals surface area contributed by atoms with Crippen LogP contribution in [0.15, 0.2) is 16.9 Å². The van der Waals surface area contributed by atoms with Crippen LogP contribution >= 0.6 is 15.9 Å². The lowest BCUT2D eigenvalue weighted by Crippen LogP contribution is -2.42. The normalized spacial score (nSPS) is 18.4. The smallest absolute Gasteiger partial charge is 0.254 e. The van der Waals surface area contributed by atoms with Crippen molar-refractivity contribution in [2.45, 2.75) is 44.1 Å². The Hall–Kier alpha value is -1.01. The van der Waals surface area contributed by atoms with E-state index in [1.165, 1.54) is 6.07 Å². The van der Waals surface area contributed by atoms with Crippen LogP contribution in [0.5, 0.6) is 0 Å². The monoisotopic (exact) mass is 344 g/mol. The average Bonchev–Trinajstić information content (AvgIpc) is 2.64. The van der Waals surface area contributed by atoms with Crippen molar-refractivity contribution < 1.29 is 14.3 Å². The molecule has 0 aliphatic heterocycles. The number of rotatable bonds is 3. The first-order valence-corrected chi connectivity index (χ1v) is 7.61. The molecule has 0 bridgehead atoms. The SMILES string of the molecule is O=C(NCC1(O)CCCCCC1)c1cc(Br)ncc1F. The Morgan fingerprint density at radius 1 is 1.40 bits per heavy atom. The van der Waals surface area contributed by atoms with Crippen LogP contribution < -0.4 is 5.32 Å². The van der Waals surface area contributed by atoms with Crippen LogP contribution in [0.4, 0.5) is 4.39 Å². The Bertz CT molecular complexity index is 488. The standard InChI is InChI=1S/C14H18BrFN2O2/c15-12-7-10(11(16)8-17-12)13(19)18-9-14(20)5-3-1-2-4-6-14/h7-8,20H,1-6,9H2,(H,18,19). The molecule has 6 heteroatoms. The molecule has 2 N–H and O–H groups in total. The average molecular weight is 345 g/mol. The molecule has 1 fully saturated rings. The summed E-state index contributed by atoms with van der Waals surface area (Å²) >= 11 is 3.11. The van der Waals surface area contributed by atoms with Gasteiger partial charge >= 0.3 is 0 Å². The highest BCUT2D eigenvalue weighted by atomic mass is 79.9. The molecule has 1 aromatic heterocycles. The van der Waals surface area contributed by atoms with E-state index in [0.29, 0.717) is 17.4 Å². The molecule has 2 rings (SSSR count). The number of hydrogen-bond donors (Lipinski definition) is 2. The molecule has 1 aliphatic rings. The van der Waals surface area contributed by atoms with Crippen molar-refractivity contribution in [2.75, 3.05) is 6.54 Å². The Kier molecular flexibility index (Phi) is 5.10. The number of carbonyl (C=O) groups excluding carboxylic acids is 1. The van der Waals surface area contributed by atoms with Gasteiger partial charge in [0, 0.05) is 6.54 Å². The Labute approximate surface area is 125 Å². The molecular formula is C14H18BrFN2O2. The fourth-order valence-corrected chi connectivity index (χ4v) is 2.82. The van der Waals surface area contributed by atoms with Crippen LogP contribution in [-0.4, -0.2) is 28.1 Å². The van der Waals surface area contributed by atoms with E-state index in [1.54, 1.807) is 0 Å². The predicted molar refractivity (Wildman–Crippen MR) is 76.9 cm³/mol. The van der Waals surface area contributed by atoms with Crippen molar-refractivity contribution in [3.05, 3.63) is 28.2 Å². The van der Waals surface area contributed by atoms with Gasteiger partial charge in [0.15, 0.2) is 5.82 Å². The third-order valence-corrected chi connectivity index (χ3v) is 4.11. The fourth-order valence-electron chi connectivity index (χ4n) is 2.49. The van der Waals surface area contributed by atoms with Gasteiger partial charge in [0.2, 0.25) is 0 Å². The molecule has 4 nitrogen and oxygen atoms in total. The molecule has 1 aliphatic carbocycles. The van der Waals surface area contributed by atoms with E-state index < -0.39 is 17.3 Å². The summed E-state index contributed by atoms with van der Waals surface area (Å²) in [6.45, 7) is 0.158. The minimum absolute atomic E-state index is 0.0657. The summed E-state index contributed by atoms with van der Waals surface area (Å²) < 4.78 is 13.9. The van der Waals surface area contributed by atoms with Crippen molar-refractivity contribution in [1.82, 2.24) is 10.3 Å². The first-order chi connectivity index (χ1) is 9.50. The number of hydrogen-bond acceptors (Lipinski definition) is 3. The number of amides is 1. The third kappa shape index (κ3) is 3.99. The van der Waals surface area contributed by atoms with E-state index in [4.69, 9.17) is 0 Å². The summed E-state index contributed by atoms with van der Waals surface area (Å²) in [6, 6.07) is 1.34. The maximum atomic E-state index is 13.5. The van der Waals surface area contributed by atoms with Crippen LogP contribution in [0.3, 0.4) is 0 Å². The molecule has 0 radical (unpaired) electrons. The molecule has 20 heavy (non-hydrogen) atoms. The van der Waals surface area contributed by atoms with Gasteiger partial charge in [-0.25, -0.2) is 9.37 Å². The highest BCUT2D eigenvalue weighted by Crippen LogP contribution is 2.26. The lowest BCUT2D eigenvalue weighted by atomic mass is 9.94. The van der Waals surface area contributed by atoms with Crippen LogP contribution in [0, 0.1) is 5.82 Å². The van der Waals surface area contributed by atoms with Crippen LogP contribution in [0.2, 0.25) is 0 Å². The molecule has 110 valence electrons. The summed E-state index contributed by atoms with van der Waals surface area (Å²) in [5.41, 5.74) is -0.934.